The second-order valence-electron chi connectivity index (χ2n) is 6.27. The first-order chi connectivity index (χ1) is 14.9. The molecule has 3 rings (SSSR count). The Morgan fingerprint density at radius 2 is 1.94 bits per heavy atom. The standard InChI is InChI=1S/C22H19F3N4OS/c1-27-20(18-7-2-3-8-19(18)26)28-13-5-4-6-16-14-31-21(29-16)30-17-11-9-15(10-12-17)22(23,24)25/h2-3,7-12,14,26-28H,5,13H2,1H3/b20-18+,26-19?. The molecule has 2 aromatic rings. The van der Waals surface area contributed by atoms with Crippen molar-refractivity contribution < 1.29 is 17.9 Å². The van der Waals surface area contributed by atoms with Gasteiger partial charge in [-0.2, -0.15) is 18.2 Å². The van der Waals surface area contributed by atoms with Crippen LogP contribution in [-0.2, 0) is 6.18 Å². The Kier molecular flexibility index (Phi) is 7.15. The first kappa shape index (κ1) is 22.2. The molecule has 0 radical (unpaired) electrons. The number of rotatable bonds is 6. The van der Waals surface area contributed by atoms with Crippen LogP contribution >= 0.6 is 11.3 Å². The van der Waals surface area contributed by atoms with Crippen LogP contribution in [0.5, 0.6) is 10.9 Å². The first-order valence-corrected chi connectivity index (χ1v) is 10.1. The lowest BCUT2D eigenvalue weighted by atomic mass is 10.1. The molecule has 1 aliphatic carbocycles. The third kappa shape index (κ3) is 6.23. The van der Waals surface area contributed by atoms with Crippen molar-refractivity contribution in [2.24, 2.45) is 0 Å². The molecule has 1 aliphatic rings. The fourth-order valence-electron chi connectivity index (χ4n) is 2.60. The molecule has 0 fully saturated rings. The Bertz CT molecular complexity index is 1090. The molecule has 0 atom stereocenters. The van der Waals surface area contributed by atoms with Gasteiger partial charge in [0.25, 0.3) is 5.19 Å². The summed E-state index contributed by atoms with van der Waals surface area (Å²) in [5.41, 5.74) is 1.00. The molecule has 0 unspecified atom stereocenters. The third-order valence-electron chi connectivity index (χ3n) is 4.08. The van der Waals surface area contributed by atoms with Crippen LogP contribution in [0.4, 0.5) is 13.2 Å². The summed E-state index contributed by atoms with van der Waals surface area (Å²) in [6.45, 7) is 0.580. The molecule has 31 heavy (non-hydrogen) atoms. The minimum Gasteiger partial charge on any atom is -0.431 e. The van der Waals surface area contributed by atoms with Crippen LogP contribution in [0.3, 0.4) is 0 Å². The molecular formula is C22H19F3N4OS. The van der Waals surface area contributed by atoms with E-state index in [2.05, 4.69) is 27.5 Å². The second kappa shape index (κ2) is 10.00. The highest BCUT2D eigenvalue weighted by Gasteiger charge is 2.30. The molecule has 0 spiro atoms. The molecule has 9 heteroatoms. The summed E-state index contributed by atoms with van der Waals surface area (Å²) >= 11 is 1.22. The second-order valence-corrected chi connectivity index (χ2v) is 7.09. The van der Waals surface area contributed by atoms with E-state index >= 15 is 0 Å². The lowest BCUT2D eigenvalue weighted by Crippen LogP contribution is -2.27. The summed E-state index contributed by atoms with van der Waals surface area (Å²) < 4.78 is 43.3. The Balaban J connectivity index is 1.52. The van der Waals surface area contributed by atoms with Crippen LogP contribution in [0.1, 0.15) is 17.7 Å². The van der Waals surface area contributed by atoms with E-state index in [4.69, 9.17) is 10.1 Å². The average molecular weight is 444 g/mol. The first-order valence-electron chi connectivity index (χ1n) is 9.26. The normalized spacial score (nSPS) is 14.6. The van der Waals surface area contributed by atoms with Gasteiger partial charge in [0.05, 0.1) is 11.3 Å². The largest absolute Gasteiger partial charge is 0.431 e. The Hall–Kier alpha value is -3.51. The highest BCUT2D eigenvalue weighted by molar-refractivity contribution is 7.11. The van der Waals surface area contributed by atoms with Crippen LogP contribution in [0.25, 0.3) is 0 Å². The number of alkyl halides is 3. The van der Waals surface area contributed by atoms with Gasteiger partial charge in [-0.1, -0.05) is 29.4 Å². The van der Waals surface area contributed by atoms with Crippen molar-refractivity contribution in [2.75, 3.05) is 13.6 Å². The third-order valence-corrected chi connectivity index (χ3v) is 4.80. The van der Waals surface area contributed by atoms with E-state index in [0.29, 0.717) is 29.6 Å². The number of benzene rings is 1. The van der Waals surface area contributed by atoms with Gasteiger partial charge in [0.2, 0.25) is 0 Å². The molecule has 3 N–H and O–H groups in total. The minimum atomic E-state index is -4.38. The Labute approximate surface area is 181 Å². The fraction of sp³-hybridized carbons (Fsp3) is 0.182. The van der Waals surface area contributed by atoms with E-state index in [0.717, 1.165) is 23.5 Å². The summed E-state index contributed by atoms with van der Waals surface area (Å²) in [5, 5.41) is 16.3. The van der Waals surface area contributed by atoms with Crippen molar-refractivity contribution in [3.63, 3.8) is 0 Å². The van der Waals surface area contributed by atoms with Gasteiger partial charge < -0.3 is 20.8 Å². The molecule has 0 amide bonds. The lowest BCUT2D eigenvalue weighted by Gasteiger charge is -2.14. The van der Waals surface area contributed by atoms with Gasteiger partial charge in [-0.3, -0.25) is 0 Å². The van der Waals surface area contributed by atoms with E-state index in [1.54, 1.807) is 18.5 Å². The van der Waals surface area contributed by atoms with Crippen LogP contribution in [0.2, 0.25) is 0 Å². The molecule has 1 aromatic carbocycles. The molecule has 0 aliphatic heterocycles. The number of hydrogen-bond acceptors (Lipinski definition) is 6. The molecule has 0 saturated heterocycles. The van der Waals surface area contributed by atoms with E-state index in [9.17, 15) is 13.2 Å². The zero-order chi connectivity index (χ0) is 22.3. The Morgan fingerprint density at radius 1 is 1.19 bits per heavy atom. The Morgan fingerprint density at radius 3 is 2.61 bits per heavy atom. The number of halogens is 3. The van der Waals surface area contributed by atoms with E-state index in [1.165, 1.54) is 23.5 Å². The maximum absolute atomic E-state index is 12.6. The zero-order valence-electron chi connectivity index (χ0n) is 16.5. The SMILES string of the molecule is CN/C(NCCC#Cc1csc(Oc2ccc(C(F)(F)F)cc2)n1)=C1/C=CC=CC1=N. The minimum absolute atomic E-state index is 0.274. The average Bonchev–Trinajstić information content (AvgIpc) is 3.18. The molecular weight excluding hydrogens is 425 g/mol. The van der Waals surface area contributed by atoms with E-state index < -0.39 is 11.7 Å². The van der Waals surface area contributed by atoms with Crippen LogP contribution < -0.4 is 15.4 Å². The fourth-order valence-corrected chi connectivity index (χ4v) is 3.22. The summed E-state index contributed by atoms with van der Waals surface area (Å²) in [6.07, 6.45) is 3.44. The van der Waals surface area contributed by atoms with Crippen molar-refractivity contribution in [3.05, 3.63) is 76.6 Å². The number of nitrogens with zero attached hydrogens (tertiary/aromatic N) is 1. The topological polar surface area (TPSA) is 70.0 Å². The highest BCUT2D eigenvalue weighted by Crippen LogP contribution is 2.32. The smallest absolute Gasteiger partial charge is 0.416 e. The maximum Gasteiger partial charge on any atom is 0.416 e. The quantitative estimate of drug-likeness (QED) is 0.440. The van der Waals surface area contributed by atoms with E-state index in [-0.39, 0.29) is 5.75 Å². The zero-order valence-corrected chi connectivity index (χ0v) is 17.3. The monoisotopic (exact) mass is 444 g/mol. The van der Waals surface area contributed by atoms with Crippen LogP contribution in [-0.4, -0.2) is 24.3 Å². The van der Waals surface area contributed by atoms with Crippen molar-refractivity contribution in [1.29, 1.82) is 5.41 Å². The molecule has 0 saturated carbocycles. The number of allylic oxidation sites excluding steroid dienone is 5. The van der Waals surface area contributed by atoms with E-state index in [1.807, 2.05) is 18.2 Å². The number of ether oxygens (including phenoxy) is 1. The number of aromatic nitrogens is 1. The van der Waals surface area contributed by atoms with Gasteiger partial charge in [0, 0.05) is 31.0 Å². The van der Waals surface area contributed by atoms with Crippen molar-refractivity contribution >= 4 is 17.0 Å². The summed E-state index contributed by atoms with van der Waals surface area (Å²) in [4.78, 5) is 4.22. The lowest BCUT2D eigenvalue weighted by molar-refractivity contribution is -0.137. The van der Waals surface area contributed by atoms with Gasteiger partial charge in [-0.05, 0) is 42.3 Å². The van der Waals surface area contributed by atoms with Gasteiger partial charge in [-0.25, -0.2) is 0 Å². The van der Waals surface area contributed by atoms with Crippen LogP contribution in [0.15, 0.2) is 65.3 Å². The molecule has 1 aromatic heterocycles. The van der Waals surface area contributed by atoms with Gasteiger partial charge >= 0.3 is 6.18 Å². The summed E-state index contributed by atoms with van der Waals surface area (Å²) in [5.74, 6) is 6.98. The molecule has 160 valence electrons. The van der Waals surface area contributed by atoms with Crippen molar-refractivity contribution in [1.82, 2.24) is 15.6 Å². The number of nitrogens with one attached hydrogen (secondary N) is 3. The van der Waals surface area contributed by atoms with Crippen molar-refractivity contribution in [2.45, 2.75) is 12.6 Å². The molecule has 5 nitrogen and oxygen atoms in total. The summed E-state index contributed by atoms with van der Waals surface area (Å²) in [6, 6.07) is 4.44. The van der Waals surface area contributed by atoms with Crippen molar-refractivity contribution in [3.8, 4) is 22.8 Å². The van der Waals surface area contributed by atoms with Gasteiger partial charge in [0.15, 0.2) is 0 Å². The maximum atomic E-state index is 12.6. The van der Waals surface area contributed by atoms with Gasteiger partial charge in [-0.15, -0.1) is 0 Å². The molecule has 1 heterocycles. The molecule has 0 bridgehead atoms. The number of thiazole rings is 1. The van der Waals surface area contributed by atoms with Crippen LogP contribution in [0, 0.1) is 17.3 Å². The van der Waals surface area contributed by atoms with Gasteiger partial charge in [0.1, 0.15) is 17.3 Å². The summed E-state index contributed by atoms with van der Waals surface area (Å²) in [7, 11) is 1.79. The predicted molar refractivity (Wildman–Crippen MR) is 115 cm³/mol. The predicted octanol–water partition coefficient (Wildman–Crippen LogP) is 4.86. The highest BCUT2D eigenvalue weighted by atomic mass is 32.1. The number of hydrogen-bond donors (Lipinski definition) is 3.